The summed E-state index contributed by atoms with van der Waals surface area (Å²) >= 11 is 1.89. The summed E-state index contributed by atoms with van der Waals surface area (Å²) in [5.74, 6) is 0.982. The van der Waals surface area contributed by atoms with Crippen LogP contribution in [0.2, 0.25) is 0 Å². The molecule has 3 atom stereocenters. The fourth-order valence-corrected chi connectivity index (χ4v) is 4.05. The molecule has 24 heavy (non-hydrogen) atoms. The molecule has 7 heteroatoms. The van der Waals surface area contributed by atoms with E-state index < -0.39 is 0 Å². The molecule has 2 aromatic heterocycles. The Morgan fingerprint density at radius 3 is 2.88 bits per heavy atom. The molecule has 2 aromatic rings. The number of nitrogens with zero attached hydrogens (tertiary/aromatic N) is 3. The van der Waals surface area contributed by atoms with E-state index in [1.165, 1.54) is 6.42 Å². The largest absolute Gasteiger partial charge is 0.335 e. The normalized spacial score (nSPS) is 22.0. The molecular formula is C17H25N5OS. The lowest BCUT2D eigenvalue weighted by atomic mass is 10.0. The summed E-state index contributed by atoms with van der Waals surface area (Å²) in [7, 11) is 0. The molecule has 2 heterocycles. The number of amides is 2. The molecule has 6 nitrogen and oxygen atoms in total. The second kappa shape index (κ2) is 7.42. The van der Waals surface area contributed by atoms with Gasteiger partial charge in [0.2, 0.25) is 0 Å². The molecule has 0 radical (unpaired) electrons. The van der Waals surface area contributed by atoms with Crippen LogP contribution in [-0.2, 0) is 0 Å². The van der Waals surface area contributed by atoms with E-state index >= 15 is 0 Å². The van der Waals surface area contributed by atoms with E-state index in [1.807, 2.05) is 40.6 Å². The van der Waals surface area contributed by atoms with Gasteiger partial charge in [-0.2, -0.15) is 11.8 Å². The number of nitrogens with one attached hydrogen (secondary N) is 2. The maximum atomic E-state index is 12.5. The van der Waals surface area contributed by atoms with Gasteiger partial charge in [-0.25, -0.2) is 4.79 Å². The third-order valence-corrected chi connectivity index (χ3v) is 5.72. The average molecular weight is 347 g/mol. The molecule has 2 amide bonds. The molecule has 0 saturated heterocycles. The lowest BCUT2D eigenvalue weighted by molar-refractivity contribution is 0.228. The summed E-state index contributed by atoms with van der Waals surface area (Å²) in [6, 6.07) is 5.76. The fourth-order valence-electron chi connectivity index (χ4n) is 3.25. The molecule has 1 saturated carbocycles. The highest BCUT2D eigenvalue weighted by Crippen LogP contribution is 2.28. The van der Waals surface area contributed by atoms with Gasteiger partial charge in [-0.1, -0.05) is 19.9 Å². The molecule has 0 spiro atoms. The molecule has 0 bridgehead atoms. The lowest BCUT2D eigenvalue weighted by Crippen LogP contribution is -2.44. The van der Waals surface area contributed by atoms with Gasteiger partial charge < -0.3 is 10.6 Å². The smallest absolute Gasteiger partial charge is 0.315 e. The van der Waals surface area contributed by atoms with E-state index in [0.29, 0.717) is 5.25 Å². The van der Waals surface area contributed by atoms with Crippen LogP contribution in [0.3, 0.4) is 0 Å². The van der Waals surface area contributed by atoms with Crippen molar-refractivity contribution >= 4 is 23.4 Å². The van der Waals surface area contributed by atoms with Crippen molar-refractivity contribution in [3.63, 3.8) is 0 Å². The van der Waals surface area contributed by atoms with Crippen LogP contribution in [0.25, 0.3) is 5.65 Å². The molecule has 0 unspecified atom stereocenters. The van der Waals surface area contributed by atoms with E-state index in [-0.39, 0.29) is 24.0 Å². The van der Waals surface area contributed by atoms with Crippen molar-refractivity contribution in [3.05, 3.63) is 30.2 Å². The second-order valence-corrected chi connectivity index (χ2v) is 7.83. The number of pyridine rings is 1. The quantitative estimate of drug-likeness (QED) is 0.872. The van der Waals surface area contributed by atoms with Gasteiger partial charge >= 0.3 is 6.03 Å². The van der Waals surface area contributed by atoms with Crippen LogP contribution in [0.5, 0.6) is 0 Å². The van der Waals surface area contributed by atoms with Crippen molar-refractivity contribution in [2.45, 2.75) is 50.4 Å². The zero-order chi connectivity index (χ0) is 17.1. The number of fused-ring (bicyclic) bond motifs is 1. The molecule has 2 N–H and O–H groups in total. The van der Waals surface area contributed by atoms with Crippen molar-refractivity contribution in [2.24, 2.45) is 5.92 Å². The van der Waals surface area contributed by atoms with Crippen LogP contribution in [0.4, 0.5) is 4.79 Å². The summed E-state index contributed by atoms with van der Waals surface area (Å²) in [4.78, 5) is 12.5. The Balaban J connectivity index is 1.69. The Morgan fingerprint density at radius 2 is 2.17 bits per heavy atom. The number of carbonyl (C=O) groups is 1. The van der Waals surface area contributed by atoms with E-state index in [9.17, 15) is 4.79 Å². The maximum absolute atomic E-state index is 12.5. The third-order valence-electron chi connectivity index (χ3n) is 4.62. The number of hydrogen-bond donors (Lipinski definition) is 2. The number of urea groups is 1. The average Bonchev–Trinajstić information content (AvgIpc) is 3.19. The van der Waals surface area contributed by atoms with Crippen molar-refractivity contribution in [3.8, 4) is 0 Å². The Kier molecular flexibility index (Phi) is 5.28. The predicted molar refractivity (Wildman–Crippen MR) is 97.2 cm³/mol. The monoisotopic (exact) mass is 347 g/mol. The van der Waals surface area contributed by atoms with Crippen LogP contribution in [0, 0.1) is 5.92 Å². The highest BCUT2D eigenvalue weighted by atomic mass is 32.2. The SMILES string of the molecule is CS[C@@H]1CC[C@@H](NC(=O)N[C@H](c2nnc3ccccn23)C(C)C)C1. The molecule has 1 aliphatic carbocycles. The van der Waals surface area contributed by atoms with E-state index in [0.717, 1.165) is 24.3 Å². The third kappa shape index (κ3) is 3.66. The summed E-state index contributed by atoms with van der Waals surface area (Å²) in [6.07, 6.45) is 7.35. The molecule has 0 aliphatic heterocycles. The van der Waals surface area contributed by atoms with Crippen molar-refractivity contribution in [1.29, 1.82) is 0 Å². The van der Waals surface area contributed by atoms with Gasteiger partial charge in [0, 0.05) is 17.5 Å². The van der Waals surface area contributed by atoms with E-state index in [2.05, 4.69) is 40.9 Å². The zero-order valence-corrected chi connectivity index (χ0v) is 15.2. The van der Waals surface area contributed by atoms with E-state index in [1.54, 1.807) is 0 Å². The Hall–Kier alpha value is -1.76. The van der Waals surface area contributed by atoms with Gasteiger partial charge in [-0.15, -0.1) is 10.2 Å². The first-order valence-corrected chi connectivity index (χ1v) is 9.76. The molecule has 130 valence electrons. The van der Waals surface area contributed by atoms with E-state index in [4.69, 9.17) is 0 Å². The molecule has 1 fully saturated rings. The van der Waals surface area contributed by atoms with Gasteiger partial charge in [0.05, 0.1) is 6.04 Å². The minimum absolute atomic E-state index is 0.117. The summed E-state index contributed by atoms with van der Waals surface area (Å²) in [6.45, 7) is 4.16. The second-order valence-electron chi connectivity index (χ2n) is 6.69. The number of thioether (sulfide) groups is 1. The molecule has 1 aliphatic rings. The number of aromatic nitrogens is 3. The first-order chi connectivity index (χ1) is 11.6. The fraction of sp³-hybridized carbons (Fsp3) is 0.588. The van der Waals surface area contributed by atoms with Crippen LogP contribution < -0.4 is 10.6 Å². The maximum Gasteiger partial charge on any atom is 0.315 e. The Bertz CT molecular complexity index is 701. The van der Waals surface area contributed by atoms with Crippen LogP contribution >= 0.6 is 11.8 Å². The first kappa shape index (κ1) is 17.1. The summed E-state index contributed by atoms with van der Waals surface area (Å²) in [5, 5.41) is 15.4. The zero-order valence-electron chi connectivity index (χ0n) is 14.4. The van der Waals surface area contributed by atoms with Gasteiger partial charge in [-0.05, 0) is 43.6 Å². The Morgan fingerprint density at radius 1 is 1.33 bits per heavy atom. The Labute approximate surface area is 146 Å². The van der Waals surface area contributed by atoms with Crippen LogP contribution in [-0.4, -0.2) is 38.2 Å². The molecule has 3 rings (SSSR count). The van der Waals surface area contributed by atoms with Gasteiger partial charge in [0.25, 0.3) is 0 Å². The minimum atomic E-state index is -0.180. The van der Waals surface area contributed by atoms with Crippen LogP contribution in [0.15, 0.2) is 24.4 Å². The topological polar surface area (TPSA) is 71.3 Å². The predicted octanol–water partition coefficient (Wildman–Crippen LogP) is 3.01. The van der Waals surface area contributed by atoms with Gasteiger partial charge in [-0.3, -0.25) is 4.40 Å². The lowest BCUT2D eigenvalue weighted by Gasteiger charge is -2.22. The first-order valence-electron chi connectivity index (χ1n) is 8.48. The standard InChI is InChI=1S/C17H25N5OS/c1-11(2)15(16-21-20-14-6-4-5-9-22(14)16)19-17(23)18-12-7-8-13(10-12)24-3/h4-6,9,11-13,15H,7-8,10H2,1-3H3,(H2,18,19,23)/t12-,13-,15+/m1/s1. The van der Waals surface area contributed by atoms with Gasteiger partial charge in [0.1, 0.15) is 0 Å². The summed E-state index contributed by atoms with van der Waals surface area (Å²) in [5.41, 5.74) is 0.791. The highest BCUT2D eigenvalue weighted by Gasteiger charge is 2.28. The van der Waals surface area contributed by atoms with Crippen LogP contribution in [0.1, 0.15) is 45.0 Å². The minimum Gasteiger partial charge on any atom is -0.335 e. The molecule has 0 aromatic carbocycles. The number of carbonyl (C=O) groups excluding carboxylic acids is 1. The molecular weight excluding hydrogens is 322 g/mol. The highest BCUT2D eigenvalue weighted by molar-refractivity contribution is 7.99. The van der Waals surface area contributed by atoms with Crippen molar-refractivity contribution in [1.82, 2.24) is 25.2 Å². The number of hydrogen-bond acceptors (Lipinski definition) is 4. The summed E-state index contributed by atoms with van der Waals surface area (Å²) < 4.78 is 1.93. The van der Waals surface area contributed by atoms with Crippen molar-refractivity contribution in [2.75, 3.05) is 6.26 Å². The number of rotatable bonds is 5. The van der Waals surface area contributed by atoms with Gasteiger partial charge in [0.15, 0.2) is 11.5 Å². The van der Waals surface area contributed by atoms with Crippen molar-refractivity contribution < 1.29 is 4.79 Å².